The number of hydrogen-bond donors (Lipinski definition) is 2. The Morgan fingerprint density at radius 1 is 1.29 bits per heavy atom. The van der Waals surface area contributed by atoms with Crippen LogP contribution in [0.3, 0.4) is 0 Å². The lowest BCUT2D eigenvalue weighted by Gasteiger charge is -2.34. The highest BCUT2D eigenvalue weighted by Crippen LogP contribution is 2.19. The summed E-state index contributed by atoms with van der Waals surface area (Å²) in [5, 5.41) is 6.33. The van der Waals surface area contributed by atoms with Crippen LogP contribution in [0.2, 0.25) is 0 Å². The van der Waals surface area contributed by atoms with Crippen LogP contribution in [0.15, 0.2) is 0 Å². The van der Waals surface area contributed by atoms with Gasteiger partial charge in [-0.3, -0.25) is 14.9 Å². The fourth-order valence-corrected chi connectivity index (χ4v) is 3.71. The number of carbonyl (C=O) groups is 2. The molecule has 2 N–H and O–H groups in total. The van der Waals surface area contributed by atoms with Crippen LogP contribution in [0.4, 0.5) is 0 Å². The molecule has 1 atom stereocenters. The van der Waals surface area contributed by atoms with E-state index >= 15 is 0 Å². The molecule has 2 fully saturated rings. The van der Waals surface area contributed by atoms with Crippen molar-refractivity contribution in [2.24, 2.45) is 5.41 Å². The van der Waals surface area contributed by atoms with Gasteiger partial charge in [0.15, 0.2) is 0 Å². The highest BCUT2D eigenvalue weighted by molar-refractivity contribution is 7.99. The van der Waals surface area contributed by atoms with E-state index in [1.807, 2.05) is 4.90 Å². The van der Waals surface area contributed by atoms with E-state index in [9.17, 15) is 9.59 Å². The van der Waals surface area contributed by atoms with Crippen molar-refractivity contribution >= 4 is 23.6 Å². The average molecular weight is 313 g/mol. The smallest absolute Gasteiger partial charge is 0.240 e. The molecule has 2 aliphatic rings. The summed E-state index contributed by atoms with van der Waals surface area (Å²) in [6, 6.07) is 0.205. The Morgan fingerprint density at radius 3 is 2.48 bits per heavy atom. The van der Waals surface area contributed by atoms with E-state index in [0.717, 1.165) is 37.6 Å². The standard InChI is InChI=1S/C15H27N3O2S/c1-15(2,3)8-13(19)17-11-4-6-18(7-5-11)14(20)12-9-21-10-16-12/h11-12,16H,4-10H2,1-3H3,(H,17,19). The van der Waals surface area contributed by atoms with Gasteiger partial charge in [-0.1, -0.05) is 20.8 Å². The van der Waals surface area contributed by atoms with Crippen molar-refractivity contribution in [3.05, 3.63) is 0 Å². The topological polar surface area (TPSA) is 61.4 Å². The number of rotatable bonds is 3. The van der Waals surface area contributed by atoms with Gasteiger partial charge in [0.25, 0.3) is 0 Å². The Balaban J connectivity index is 1.73. The van der Waals surface area contributed by atoms with E-state index in [1.54, 1.807) is 11.8 Å². The van der Waals surface area contributed by atoms with Gasteiger partial charge in [0.05, 0.1) is 6.04 Å². The van der Waals surface area contributed by atoms with Crippen molar-refractivity contribution < 1.29 is 9.59 Å². The molecule has 2 heterocycles. The second kappa shape index (κ2) is 7.01. The third-order valence-electron chi connectivity index (χ3n) is 3.88. The molecule has 6 heteroatoms. The van der Waals surface area contributed by atoms with Crippen molar-refractivity contribution in [2.45, 2.75) is 52.1 Å². The van der Waals surface area contributed by atoms with E-state index < -0.39 is 0 Å². The molecule has 2 aliphatic heterocycles. The predicted octanol–water partition coefficient (Wildman–Crippen LogP) is 1.19. The molecule has 21 heavy (non-hydrogen) atoms. The molecule has 2 amide bonds. The summed E-state index contributed by atoms with van der Waals surface area (Å²) in [4.78, 5) is 26.2. The lowest BCUT2D eigenvalue weighted by atomic mass is 9.91. The van der Waals surface area contributed by atoms with Crippen LogP contribution < -0.4 is 10.6 Å². The number of hydrogen-bond acceptors (Lipinski definition) is 4. The maximum Gasteiger partial charge on any atom is 0.240 e. The second-order valence-electron chi connectivity index (χ2n) is 7.18. The van der Waals surface area contributed by atoms with Crippen molar-refractivity contribution in [3.63, 3.8) is 0 Å². The molecule has 0 aromatic heterocycles. The Bertz CT molecular complexity index is 381. The third kappa shape index (κ3) is 5.18. The van der Waals surface area contributed by atoms with E-state index in [4.69, 9.17) is 0 Å². The van der Waals surface area contributed by atoms with Gasteiger partial charge in [0.2, 0.25) is 11.8 Å². The van der Waals surface area contributed by atoms with E-state index in [-0.39, 0.29) is 29.3 Å². The molecule has 0 radical (unpaired) electrons. The van der Waals surface area contributed by atoms with Gasteiger partial charge in [-0.25, -0.2) is 0 Å². The summed E-state index contributed by atoms with van der Waals surface area (Å²) >= 11 is 1.77. The number of nitrogens with zero attached hydrogens (tertiary/aromatic N) is 1. The SMILES string of the molecule is CC(C)(C)CC(=O)NC1CCN(C(=O)C2CSCN2)CC1. The number of piperidine rings is 1. The monoisotopic (exact) mass is 313 g/mol. The first-order valence-electron chi connectivity index (χ1n) is 7.74. The highest BCUT2D eigenvalue weighted by atomic mass is 32.2. The zero-order chi connectivity index (χ0) is 15.5. The second-order valence-corrected chi connectivity index (χ2v) is 8.21. The minimum atomic E-state index is -0.0120. The lowest BCUT2D eigenvalue weighted by Crippen LogP contribution is -2.51. The van der Waals surface area contributed by atoms with Crippen LogP contribution in [-0.4, -0.2) is 53.5 Å². The summed E-state index contributed by atoms with van der Waals surface area (Å²) < 4.78 is 0. The van der Waals surface area contributed by atoms with Gasteiger partial charge in [-0.05, 0) is 18.3 Å². The zero-order valence-electron chi connectivity index (χ0n) is 13.3. The number of nitrogens with one attached hydrogen (secondary N) is 2. The molecule has 1 unspecified atom stereocenters. The Labute approximate surface area is 131 Å². The number of thioether (sulfide) groups is 1. The van der Waals surface area contributed by atoms with Gasteiger partial charge >= 0.3 is 0 Å². The molecule has 2 rings (SSSR count). The molecular weight excluding hydrogens is 286 g/mol. The molecule has 2 saturated heterocycles. The first kappa shape index (κ1) is 16.6. The van der Waals surface area contributed by atoms with Crippen molar-refractivity contribution in [2.75, 3.05) is 24.7 Å². The summed E-state index contributed by atoms with van der Waals surface area (Å²) in [7, 11) is 0. The maximum absolute atomic E-state index is 12.3. The minimum absolute atomic E-state index is 0.0120. The van der Waals surface area contributed by atoms with E-state index in [0.29, 0.717) is 6.42 Å². The molecule has 0 aromatic rings. The van der Waals surface area contributed by atoms with Crippen LogP contribution >= 0.6 is 11.8 Å². The Morgan fingerprint density at radius 2 is 1.95 bits per heavy atom. The fourth-order valence-electron chi connectivity index (χ4n) is 2.78. The summed E-state index contributed by atoms with van der Waals surface area (Å²) in [5.74, 6) is 2.09. The Kier molecular flexibility index (Phi) is 5.54. The summed E-state index contributed by atoms with van der Waals surface area (Å²) in [6.07, 6.45) is 2.28. The summed E-state index contributed by atoms with van der Waals surface area (Å²) in [5.41, 5.74) is 0.0204. The molecule has 0 saturated carbocycles. The van der Waals surface area contributed by atoms with Crippen LogP contribution in [0.1, 0.15) is 40.0 Å². The van der Waals surface area contributed by atoms with Crippen LogP contribution in [0.25, 0.3) is 0 Å². The quantitative estimate of drug-likeness (QED) is 0.822. The number of likely N-dealkylation sites (tertiary alicyclic amines) is 1. The molecule has 0 aliphatic carbocycles. The van der Waals surface area contributed by atoms with Crippen molar-refractivity contribution in [1.29, 1.82) is 0 Å². The molecule has 0 aromatic carbocycles. The molecular formula is C15H27N3O2S. The Hall–Kier alpha value is -0.750. The number of carbonyl (C=O) groups excluding carboxylic acids is 2. The van der Waals surface area contributed by atoms with Gasteiger partial charge in [0.1, 0.15) is 0 Å². The summed E-state index contributed by atoms with van der Waals surface area (Å²) in [6.45, 7) is 7.71. The minimum Gasteiger partial charge on any atom is -0.353 e. The average Bonchev–Trinajstić information content (AvgIpc) is 2.90. The van der Waals surface area contributed by atoms with Gasteiger partial charge in [-0.2, -0.15) is 0 Å². The van der Waals surface area contributed by atoms with E-state index in [2.05, 4.69) is 31.4 Å². The predicted molar refractivity (Wildman–Crippen MR) is 86.1 cm³/mol. The molecule has 0 bridgehead atoms. The highest BCUT2D eigenvalue weighted by Gasteiger charge is 2.30. The van der Waals surface area contributed by atoms with Crippen molar-refractivity contribution in [3.8, 4) is 0 Å². The molecule has 0 spiro atoms. The third-order valence-corrected chi connectivity index (χ3v) is 4.82. The van der Waals surface area contributed by atoms with Crippen LogP contribution in [-0.2, 0) is 9.59 Å². The lowest BCUT2D eigenvalue weighted by molar-refractivity contribution is -0.133. The fraction of sp³-hybridized carbons (Fsp3) is 0.867. The van der Waals surface area contributed by atoms with Crippen molar-refractivity contribution in [1.82, 2.24) is 15.5 Å². The normalized spacial score (nSPS) is 24.1. The first-order valence-corrected chi connectivity index (χ1v) is 8.90. The van der Waals surface area contributed by atoms with Gasteiger partial charge in [-0.15, -0.1) is 11.8 Å². The largest absolute Gasteiger partial charge is 0.353 e. The zero-order valence-corrected chi connectivity index (χ0v) is 14.1. The number of amides is 2. The first-order chi connectivity index (χ1) is 9.85. The van der Waals surface area contributed by atoms with E-state index in [1.165, 1.54) is 0 Å². The molecule has 120 valence electrons. The van der Waals surface area contributed by atoms with Gasteiger partial charge < -0.3 is 10.2 Å². The van der Waals surface area contributed by atoms with Crippen LogP contribution in [0, 0.1) is 5.41 Å². The molecule has 5 nitrogen and oxygen atoms in total. The van der Waals surface area contributed by atoms with Gasteiger partial charge in [0, 0.05) is 37.2 Å². The van der Waals surface area contributed by atoms with Crippen LogP contribution in [0.5, 0.6) is 0 Å². The maximum atomic E-state index is 12.3.